The molecule has 5 nitrogen and oxygen atoms in total. The van der Waals surface area contributed by atoms with Crippen LogP contribution in [-0.4, -0.2) is 30.1 Å². The summed E-state index contributed by atoms with van der Waals surface area (Å²) in [5, 5.41) is 14.0. The molecule has 1 aliphatic heterocycles. The van der Waals surface area contributed by atoms with Crippen molar-refractivity contribution in [2.45, 2.75) is 19.3 Å². The fourth-order valence-electron chi connectivity index (χ4n) is 1.99. The van der Waals surface area contributed by atoms with Crippen LogP contribution in [0.15, 0.2) is 18.2 Å². The van der Waals surface area contributed by atoms with Gasteiger partial charge in [0.05, 0.1) is 0 Å². The molecule has 96 valence electrons. The zero-order valence-corrected chi connectivity index (χ0v) is 10.0. The van der Waals surface area contributed by atoms with Crippen LogP contribution in [0.4, 0.5) is 5.69 Å². The minimum absolute atomic E-state index is 0.0606. The number of hydrogen-bond acceptors (Lipinski definition) is 3. The maximum absolute atomic E-state index is 11.2. The maximum atomic E-state index is 11.2. The topological polar surface area (TPSA) is 78.4 Å². The first-order chi connectivity index (χ1) is 8.69. The van der Waals surface area contributed by atoms with Crippen molar-refractivity contribution in [2.24, 2.45) is 0 Å². The molecule has 2 amide bonds. The third-order valence-electron chi connectivity index (χ3n) is 2.94. The SMILES string of the molecule is O=C(CO)NCCc1ccc2c(c1)CCC(=O)N2. The first-order valence-electron chi connectivity index (χ1n) is 5.98. The molecule has 0 unspecified atom stereocenters. The van der Waals surface area contributed by atoms with E-state index < -0.39 is 6.61 Å². The number of hydrogen-bond donors (Lipinski definition) is 3. The molecule has 2 rings (SSSR count). The van der Waals surface area contributed by atoms with E-state index >= 15 is 0 Å². The molecule has 1 aromatic rings. The Morgan fingerprint density at radius 3 is 3.00 bits per heavy atom. The Morgan fingerprint density at radius 1 is 1.39 bits per heavy atom. The smallest absolute Gasteiger partial charge is 0.245 e. The Kier molecular flexibility index (Phi) is 3.94. The van der Waals surface area contributed by atoms with Crippen molar-refractivity contribution < 1.29 is 14.7 Å². The summed E-state index contributed by atoms with van der Waals surface area (Å²) in [6, 6.07) is 5.89. The highest BCUT2D eigenvalue weighted by molar-refractivity contribution is 5.93. The zero-order chi connectivity index (χ0) is 13.0. The van der Waals surface area contributed by atoms with E-state index in [-0.39, 0.29) is 11.8 Å². The molecule has 0 aliphatic carbocycles. The van der Waals surface area contributed by atoms with Gasteiger partial charge in [0.1, 0.15) is 6.61 Å². The van der Waals surface area contributed by atoms with E-state index in [2.05, 4.69) is 16.7 Å². The molecule has 5 heteroatoms. The predicted octanol–water partition coefficient (Wildman–Crippen LogP) is 0.222. The first-order valence-corrected chi connectivity index (χ1v) is 5.98. The summed E-state index contributed by atoms with van der Waals surface area (Å²) in [7, 11) is 0. The lowest BCUT2D eigenvalue weighted by molar-refractivity contribution is -0.123. The minimum Gasteiger partial charge on any atom is -0.387 e. The molecule has 3 N–H and O–H groups in total. The Balaban J connectivity index is 1.95. The van der Waals surface area contributed by atoms with Gasteiger partial charge in [-0.1, -0.05) is 12.1 Å². The molecule has 0 spiro atoms. The Labute approximate surface area is 105 Å². The number of aliphatic hydroxyl groups excluding tert-OH is 1. The summed E-state index contributed by atoms with van der Waals surface area (Å²) in [6.07, 6.45) is 2.00. The Bertz CT molecular complexity index is 471. The molecule has 0 atom stereocenters. The van der Waals surface area contributed by atoms with Crippen molar-refractivity contribution in [2.75, 3.05) is 18.5 Å². The second-order valence-corrected chi connectivity index (χ2v) is 4.30. The maximum Gasteiger partial charge on any atom is 0.245 e. The Morgan fingerprint density at radius 2 is 2.22 bits per heavy atom. The van der Waals surface area contributed by atoms with E-state index in [1.165, 1.54) is 0 Å². The third kappa shape index (κ3) is 3.07. The summed E-state index contributed by atoms with van der Waals surface area (Å²) in [4.78, 5) is 22.1. The second kappa shape index (κ2) is 5.64. The van der Waals surface area contributed by atoms with Crippen LogP contribution in [0, 0.1) is 0 Å². The standard InChI is InChI=1S/C13H16N2O3/c16-8-13(18)14-6-5-9-1-3-11-10(7-9)2-4-12(17)15-11/h1,3,7,16H,2,4-6,8H2,(H,14,18)(H,15,17). The van der Waals surface area contributed by atoms with Crippen LogP contribution >= 0.6 is 0 Å². The number of carbonyl (C=O) groups is 2. The molecule has 1 aliphatic rings. The molecule has 0 bridgehead atoms. The van der Waals surface area contributed by atoms with Crippen molar-refractivity contribution in [3.63, 3.8) is 0 Å². The van der Waals surface area contributed by atoms with E-state index in [0.29, 0.717) is 19.4 Å². The minimum atomic E-state index is -0.476. The monoisotopic (exact) mass is 248 g/mol. The average Bonchev–Trinajstić information content (AvgIpc) is 2.38. The number of fused-ring (bicyclic) bond motifs is 1. The van der Waals surface area contributed by atoms with Gasteiger partial charge in [0.2, 0.25) is 11.8 Å². The predicted molar refractivity (Wildman–Crippen MR) is 67.2 cm³/mol. The number of amides is 2. The highest BCUT2D eigenvalue weighted by Crippen LogP contribution is 2.23. The third-order valence-corrected chi connectivity index (χ3v) is 2.94. The number of aliphatic hydroxyl groups is 1. The van der Waals surface area contributed by atoms with Crippen molar-refractivity contribution in [3.8, 4) is 0 Å². The number of carbonyl (C=O) groups excluding carboxylic acids is 2. The molecule has 0 saturated heterocycles. The van der Waals surface area contributed by atoms with Gasteiger partial charge in [0.15, 0.2) is 0 Å². The number of nitrogens with one attached hydrogen (secondary N) is 2. The van der Waals surface area contributed by atoms with Crippen LogP contribution in [0.3, 0.4) is 0 Å². The van der Waals surface area contributed by atoms with Gasteiger partial charge in [-0.2, -0.15) is 0 Å². The van der Waals surface area contributed by atoms with Crippen LogP contribution in [0.25, 0.3) is 0 Å². The molecular weight excluding hydrogens is 232 g/mol. The highest BCUT2D eigenvalue weighted by atomic mass is 16.3. The fourth-order valence-corrected chi connectivity index (χ4v) is 1.99. The molecule has 0 saturated carbocycles. The highest BCUT2D eigenvalue weighted by Gasteiger charge is 2.14. The lowest BCUT2D eigenvalue weighted by Crippen LogP contribution is -2.28. The molecule has 0 fully saturated rings. The van der Waals surface area contributed by atoms with Gasteiger partial charge >= 0.3 is 0 Å². The van der Waals surface area contributed by atoms with Gasteiger partial charge in [0.25, 0.3) is 0 Å². The van der Waals surface area contributed by atoms with Gasteiger partial charge in [0, 0.05) is 18.7 Å². The summed E-state index contributed by atoms with van der Waals surface area (Å²) in [5.41, 5.74) is 3.14. The van der Waals surface area contributed by atoms with Crippen molar-refractivity contribution in [1.29, 1.82) is 0 Å². The lowest BCUT2D eigenvalue weighted by Gasteiger charge is -2.17. The van der Waals surface area contributed by atoms with E-state index in [0.717, 1.165) is 23.2 Å². The van der Waals surface area contributed by atoms with Gasteiger partial charge in [-0.3, -0.25) is 9.59 Å². The lowest BCUT2D eigenvalue weighted by atomic mass is 9.99. The van der Waals surface area contributed by atoms with E-state index in [1.54, 1.807) is 0 Å². The summed E-state index contributed by atoms with van der Waals surface area (Å²) in [6.45, 7) is 0.0285. The van der Waals surface area contributed by atoms with E-state index in [1.807, 2.05) is 12.1 Å². The van der Waals surface area contributed by atoms with E-state index in [4.69, 9.17) is 5.11 Å². The average molecular weight is 248 g/mol. The molecule has 1 heterocycles. The normalized spacial score (nSPS) is 13.7. The summed E-state index contributed by atoms with van der Waals surface area (Å²) >= 11 is 0. The molecular formula is C13H16N2O3. The number of benzene rings is 1. The van der Waals surface area contributed by atoms with Gasteiger partial charge in [-0.15, -0.1) is 0 Å². The van der Waals surface area contributed by atoms with Crippen molar-refractivity contribution >= 4 is 17.5 Å². The number of aryl methyl sites for hydroxylation is 1. The number of rotatable bonds is 4. The van der Waals surface area contributed by atoms with Crippen LogP contribution in [-0.2, 0) is 22.4 Å². The molecule has 0 aromatic heterocycles. The van der Waals surface area contributed by atoms with Crippen LogP contribution in [0.2, 0.25) is 0 Å². The fraction of sp³-hybridized carbons (Fsp3) is 0.385. The summed E-state index contributed by atoms with van der Waals surface area (Å²) in [5.74, 6) is -0.300. The summed E-state index contributed by atoms with van der Waals surface area (Å²) < 4.78 is 0. The van der Waals surface area contributed by atoms with E-state index in [9.17, 15) is 9.59 Å². The van der Waals surface area contributed by atoms with Gasteiger partial charge in [-0.25, -0.2) is 0 Å². The molecule has 0 radical (unpaired) electrons. The van der Waals surface area contributed by atoms with Gasteiger partial charge in [-0.05, 0) is 30.0 Å². The van der Waals surface area contributed by atoms with Crippen LogP contribution in [0.1, 0.15) is 17.5 Å². The zero-order valence-electron chi connectivity index (χ0n) is 10.0. The van der Waals surface area contributed by atoms with Gasteiger partial charge < -0.3 is 15.7 Å². The molecule has 1 aromatic carbocycles. The van der Waals surface area contributed by atoms with Crippen LogP contribution in [0.5, 0.6) is 0 Å². The second-order valence-electron chi connectivity index (χ2n) is 4.30. The van der Waals surface area contributed by atoms with Crippen LogP contribution < -0.4 is 10.6 Å². The number of anilines is 1. The van der Waals surface area contributed by atoms with Crippen molar-refractivity contribution in [3.05, 3.63) is 29.3 Å². The quantitative estimate of drug-likeness (QED) is 0.713. The Hall–Kier alpha value is -1.88. The largest absolute Gasteiger partial charge is 0.387 e. The first kappa shape index (κ1) is 12.6. The van der Waals surface area contributed by atoms with Crippen molar-refractivity contribution in [1.82, 2.24) is 5.32 Å². The molecule has 18 heavy (non-hydrogen) atoms.